The second-order valence-electron chi connectivity index (χ2n) is 3.71. The molecule has 1 aromatic carbocycles. The van der Waals surface area contributed by atoms with Gasteiger partial charge in [-0.1, -0.05) is 41.1 Å². The van der Waals surface area contributed by atoms with Gasteiger partial charge in [0.15, 0.2) is 0 Å². The molecular formula is C12H17BrN2O2. The van der Waals surface area contributed by atoms with Gasteiger partial charge >= 0.3 is 6.03 Å². The number of rotatable bonds is 5. The van der Waals surface area contributed by atoms with Crippen LogP contribution in [0.25, 0.3) is 0 Å². The molecule has 0 saturated carbocycles. The zero-order valence-electron chi connectivity index (χ0n) is 9.74. The Labute approximate surface area is 110 Å². The van der Waals surface area contributed by atoms with Crippen LogP contribution in [-0.4, -0.2) is 23.8 Å². The van der Waals surface area contributed by atoms with E-state index in [2.05, 4.69) is 26.6 Å². The third-order valence-corrected chi connectivity index (χ3v) is 3.22. The van der Waals surface area contributed by atoms with Gasteiger partial charge in [-0.3, -0.25) is 0 Å². The molecule has 94 valence electrons. The topological polar surface area (TPSA) is 61.4 Å². The van der Waals surface area contributed by atoms with E-state index in [1.807, 2.05) is 31.2 Å². The first kappa shape index (κ1) is 14.0. The summed E-state index contributed by atoms with van der Waals surface area (Å²) in [6.45, 7) is 2.32. The Morgan fingerprint density at radius 2 is 2.18 bits per heavy atom. The summed E-state index contributed by atoms with van der Waals surface area (Å²) >= 11 is 3.41. The van der Waals surface area contributed by atoms with E-state index in [9.17, 15) is 4.79 Å². The van der Waals surface area contributed by atoms with Crippen LogP contribution < -0.4 is 10.6 Å². The summed E-state index contributed by atoms with van der Waals surface area (Å²) in [7, 11) is 0. The lowest BCUT2D eigenvalue weighted by Crippen LogP contribution is -2.43. The van der Waals surface area contributed by atoms with Gasteiger partial charge in [-0.15, -0.1) is 0 Å². The number of aliphatic hydroxyl groups excluding tert-OH is 1. The zero-order chi connectivity index (χ0) is 12.7. The van der Waals surface area contributed by atoms with E-state index in [1.165, 1.54) is 0 Å². The number of aliphatic hydroxyl groups is 1. The number of benzene rings is 1. The molecule has 0 aromatic heterocycles. The van der Waals surface area contributed by atoms with Gasteiger partial charge in [-0.25, -0.2) is 4.79 Å². The van der Waals surface area contributed by atoms with E-state index in [0.717, 1.165) is 10.0 Å². The van der Waals surface area contributed by atoms with Gasteiger partial charge < -0.3 is 15.7 Å². The average molecular weight is 301 g/mol. The van der Waals surface area contributed by atoms with Gasteiger partial charge in [-0.05, 0) is 18.1 Å². The SMILES string of the molecule is CCC(CO)NC(=O)NCc1ccccc1Br. The molecule has 4 nitrogen and oxygen atoms in total. The standard InChI is InChI=1S/C12H17BrN2O2/c1-2-10(8-16)15-12(17)14-7-9-5-3-4-6-11(9)13/h3-6,10,16H,2,7-8H2,1H3,(H2,14,15,17). The van der Waals surface area contributed by atoms with E-state index >= 15 is 0 Å². The number of hydrogen-bond donors (Lipinski definition) is 3. The number of nitrogens with one attached hydrogen (secondary N) is 2. The predicted octanol–water partition coefficient (Wildman–Crippen LogP) is 2.02. The third-order valence-electron chi connectivity index (χ3n) is 2.45. The molecule has 0 spiro atoms. The molecule has 3 N–H and O–H groups in total. The van der Waals surface area contributed by atoms with Gasteiger partial charge in [0.2, 0.25) is 0 Å². The molecule has 1 unspecified atom stereocenters. The monoisotopic (exact) mass is 300 g/mol. The van der Waals surface area contributed by atoms with Crippen LogP contribution in [0, 0.1) is 0 Å². The fraction of sp³-hybridized carbons (Fsp3) is 0.417. The predicted molar refractivity (Wildman–Crippen MR) is 70.7 cm³/mol. The summed E-state index contributed by atoms with van der Waals surface area (Å²) in [6.07, 6.45) is 0.707. The number of urea groups is 1. The number of hydrogen-bond acceptors (Lipinski definition) is 2. The van der Waals surface area contributed by atoms with E-state index in [1.54, 1.807) is 0 Å². The van der Waals surface area contributed by atoms with Crippen LogP contribution in [0.4, 0.5) is 4.79 Å². The van der Waals surface area contributed by atoms with Crippen molar-refractivity contribution in [3.63, 3.8) is 0 Å². The molecular weight excluding hydrogens is 284 g/mol. The first-order valence-corrected chi connectivity index (χ1v) is 6.35. The summed E-state index contributed by atoms with van der Waals surface area (Å²) in [5.41, 5.74) is 1.01. The molecule has 0 aliphatic rings. The molecule has 0 fully saturated rings. The lowest BCUT2D eigenvalue weighted by atomic mass is 10.2. The Morgan fingerprint density at radius 1 is 1.47 bits per heavy atom. The van der Waals surface area contributed by atoms with E-state index in [4.69, 9.17) is 5.11 Å². The maximum absolute atomic E-state index is 11.5. The molecule has 5 heteroatoms. The Kier molecular flexibility index (Phi) is 6.00. The number of carbonyl (C=O) groups excluding carboxylic acids is 1. The quantitative estimate of drug-likeness (QED) is 0.779. The summed E-state index contributed by atoms with van der Waals surface area (Å²) < 4.78 is 0.967. The molecule has 0 bridgehead atoms. The number of halogens is 1. The lowest BCUT2D eigenvalue weighted by Gasteiger charge is -2.15. The van der Waals surface area contributed by atoms with Crippen molar-refractivity contribution in [1.29, 1.82) is 0 Å². The van der Waals surface area contributed by atoms with Crippen molar-refractivity contribution in [3.8, 4) is 0 Å². The van der Waals surface area contributed by atoms with Gasteiger partial charge in [0.1, 0.15) is 0 Å². The van der Waals surface area contributed by atoms with Gasteiger partial charge in [0.05, 0.1) is 12.6 Å². The Hall–Kier alpha value is -1.07. The minimum Gasteiger partial charge on any atom is -0.394 e. The minimum atomic E-state index is -0.262. The summed E-state index contributed by atoms with van der Waals surface area (Å²) in [6, 6.07) is 7.26. The largest absolute Gasteiger partial charge is 0.394 e. The van der Waals surface area contributed by atoms with Crippen molar-refractivity contribution in [1.82, 2.24) is 10.6 Å². The number of amides is 2. The van der Waals surface area contributed by atoms with Crippen molar-refractivity contribution < 1.29 is 9.90 Å². The van der Waals surface area contributed by atoms with Crippen LogP contribution in [-0.2, 0) is 6.54 Å². The highest BCUT2D eigenvalue weighted by Gasteiger charge is 2.08. The summed E-state index contributed by atoms with van der Waals surface area (Å²) in [5, 5.41) is 14.4. The van der Waals surface area contributed by atoms with Crippen molar-refractivity contribution in [2.45, 2.75) is 25.9 Å². The van der Waals surface area contributed by atoms with Crippen LogP contribution in [0.5, 0.6) is 0 Å². The highest BCUT2D eigenvalue weighted by Crippen LogP contribution is 2.15. The van der Waals surface area contributed by atoms with E-state index in [-0.39, 0.29) is 18.7 Å². The maximum Gasteiger partial charge on any atom is 0.315 e. The lowest BCUT2D eigenvalue weighted by molar-refractivity contribution is 0.214. The third kappa shape index (κ3) is 4.75. The van der Waals surface area contributed by atoms with Crippen LogP contribution in [0.1, 0.15) is 18.9 Å². The molecule has 0 aliphatic heterocycles. The Bertz CT molecular complexity index is 367. The molecule has 0 saturated heterocycles. The molecule has 1 aromatic rings. The molecule has 17 heavy (non-hydrogen) atoms. The average Bonchev–Trinajstić information content (AvgIpc) is 2.35. The van der Waals surface area contributed by atoms with Gasteiger partial charge in [0.25, 0.3) is 0 Å². The fourth-order valence-electron chi connectivity index (χ4n) is 1.33. The second kappa shape index (κ2) is 7.29. The Morgan fingerprint density at radius 3 is 2.76 bits per heavy atom. The molecule has 0 aliphatic carbocycles. The summed E-state index contributed by atoms with van der Waals surface area (Å²) in [5.74, 6) is 0. The highest BCUT2D eigenvalue weighted by atomic mass is 79.9. The highest BCUT2D eigenvalue weighted by molar-refractivity contribution is 9.10. The van der Waals surface area contributed by atoms with Crippen molar-refractivity contribution >= 4 is 22.0 Å². The van der Waals surface area contributed by atoms with Crippen LogP contribution in [0.15, 0.2) is 28.7 Å². The number of carbonyl (C=O) groups is 1. The molecule has 0 radical (unpaired) electrons. The normalized spacial score (nSPS) is 11.9. The molecule has 0 heterocycles. The molecule has 1 atom stereocenters. The van der Waals surface area contributed by atoms with Crippen molar-refractivity contribution in [2.75, 3.05) is 6.61 Å². The van der Waals surface area contributed by atoms with Gasteiger partial charge in [-0.2, -0.15) is 0 Å². The van der Waals surface area contributed by atoms with Crippen molar-refractivity contribution in [2.24, 2.45) is 0 Å². The zero-order valence-corrected chi connectivity index (χ0v) is 11.3. The van der Waals surface area contributed by atoms with Crippen LogP contribution in [0.2, 0.25) is 0 Å². The fourth-order valence-corrected chi connectivity index (χ4v) is 1.76. The van der Waals surface area contributed by atoms with Gasteiger partial charge in [0, 0.05) is 11.0 Å². The summed E-state index contributed by atoms with van der Waals surface area (Å²) in [4.78, 5) is 11.5. The first-order valence-electron chi connectivity index (χ1n) is 5.56. The van der Waals surface area contributed by atoms with Crippen LogP contribution >= 0.6 is 15.9 Å². The van der Waals surface area contributed by atoms with E-state index in [0.29, 0.717) is 13.0 Å². The van der Waals surface area contributed by atoms with Crippen LogP contribution in [0.3, 0.4) is 0 Å². The Balaban J connectivity index is 2.41. The minimum absolute atomic E-state index is 0.0427. The van der Waals surface area contributed by atoms with Crippen molar-refractivity contribution in [3.05, 3.63) is 34.3 Å². The maximum atomic E-state index is 11.5. The molecule has 2 amide bonds. The smallest absolute Gasteiger partial charge is 0.315 e. The van der Waals surface area contributed by atoms with E-state index < -0.39 is 0 Å². The first-order chi connectivity index (χ1) is 8.17. The molecule has 1 rings (SSSR count). The second-order valence-corrected chi connectivity index (χ2v) is 4.56.